The molecule has 0 radical (unpaired) electrons. The molecule has 1 atom stereocenters. The minimum atomic E-state index is -0.574. The van der Waals surface area contributed by atoms with Gasteiger partial charge in [-0.05, 0) is 47.0 Å². The Balaban J connectivity index is 1.34. The second-order valence-electron chi connectivity index (χ2n) is 8.74. The normalized spacial score (nSPS) is 14.3. The second-order valence-corrected chi connectivity index (χ2v) is 9.15. The smallest absolute Gasteiger partial charge is 0.336 e. The van der Waals surface area contributed by atoms with Crippen molar-refractivity contribution in [2.75, 3.05) is 0 Å². The van der Waals surface area contributed by atoms with E-state index in [0.717, 1.165) is 16.7 Å². The molecule has 0 saturated carbocycles. The predicted octanol–water partition coefficient (Wildman–Crippen LogP) is 6.76. The van der Waals surface area contributed by atoms with Crippen molar-refractivity contribution in [1.82, 2.24) is 0 Å². The summed E-state index contributed by atoms with van der Waals surface area (Å²) in [4.78, 5) is 12.4. The lowest BCUT2D eigenvalue weighted by atomic mass is 9.83. The van der Waals surface area contributed by atoms with Crippen LogP contribution in [0, 0.1) is 11.3 Å². The molecule has 0 saturated heterocycles. The topological polar surface area (TPSA) is 94.6 Å². The number of hydrogen-bond acceptors (Lipinski definition) is 6. The van der Waals surface area contributed by atoms with Crippen LogP contribution in [0.3, 0.4) is 0 Å². The molecule has 4 aromatic rings. The molecule has 192 valence electrons. The van der Waals surface area contributed by atoms with E-state index in [-0.39, 0.29) is 11.6 Å². The fourth-order valence-corrected chi connectivity index (χ4v) is 4.46. The van der Waals surface area contributed by atoms with E-state index in [1.54, 1.807) is 36.4 Å². The van der Waals surface area contributed by atoms with Gasteiger partial charge in [0.2, 0.25) is 5.88 Å². The number of rotatable bonds is 7. The summed E-state index contributed by atoms with van der Waals surface area (Å²) in [5, 5.41) is 10.4. The summed E-state index contributed by atoms with van der Waals surface area (Å²) in [5.41, 5.74) is 9.77. The van der Waals surface area contributed by atoms with E-state index in [4.69, 9.17) is 31.5 Å². The number of nitriles is 1. The van der Waals surface area contributed by atoms with Crippen LogP contribution in [-0.4, -0.2) is 5.97 Å². The Bertz CT molecular complexity index is 1610. The van der Waals surface area contributed by atoms with Crippen molar-refractivity contribution in [2.45, 2.75) is 12.5 Å². The SMILES string of the molecule is N#CC1=C(N)Oc2cc(OC(=O)/C=C/c3ccccc3Cl)ccc2C1c1ccc(OCc2ccccc2)cc1. The average molecular weight is 535 g/mol. The van der Waals surface area contributed by atoms with Crippen LogP contribution in [0.5, 0.6) is 17.2 Å². The summed E-state index contributed by atoms with van der Waals surface area (Å²) in [7, 11) is 0. The molecular weight excluding hydrogens is 512 g/mol. The standard InChI is InChI=1S/C32H23ClN2O4/c33-28-9-5-4-8-22(28)12-17-30(36)38-25-15-16-26-29(18-25)39-32(35)27(19-34)31(26)23-10-13-24(14-11-23)37-20-21-6-2-1-3-7-21/h1-18,31H,20,35H2/b17-12+. The summed E-state index contributed by atoms with van der Waals surface area (Å²) in [6, 6.07) is 31.8. The zero-order valence-electron chi connectivity index (χ0n) is 20.7. The highest BCUT2D eigenvalue weighted by Crippen LogP contribution is 2.43. The molecule has 39 heavy (non-hydrogen) atoms. The Morgan fingerprint density at radius 3 is 2.44 bits per heavy atom. The lowest BCUT2D eigenvalue weighted by Crippen LogP contribution is -2.21. The van der Waals surface area contributed by atoms with Crippen LogP contribution in [-0.2, 0) is 11.4 Å². The zero-order valence-corrected chi connectivity index (χ0v) is 21.5. The van der Waals surface area contributed by atoms with Crippen LogP contribution >= 0.6 is 11.6 Å². The predicted molar refractivity (Wildman–Crippen MR) is 149 cm³/mol. The van der Waals surface area contributed by atoms with Gasteiger partial charge >= 0.3 is 5.97 Å². The highest BCUT2D eigenvalue weighted by molar-refractivity contribution is 6.32. The Labute approximate surface area is 231 Å². The number of fused-ring (bicyclic) bond motifs is 1. The monoisotopic (exact) mass is 534 g/mol. The number of nitrogens with two attached hydrogens (primary N) is 1. The fourth-order valence-electron chi connectivity index (χ4n) is 4.26. The number of allylic oxidation sites excluding steroid dienone is 1. The molecule has 0 spiro atoms. The van der Waals surface area contributed by atoms with Crippen LogP contribution in [0.2, 0.25) is 5.02 Å². The van der Waals surface area contributed by atoms with Crippen LogP contribution in [0.4, 0.5) is 0 Å². The van der Waals surface area contributed by atoms with Crippen molar-refractivity contribution in [3.8, 4) is 23.3 Å². The maximum atomic E-state index is 12.4. The molecule has 4 aromatic carbocycles. The van der Waals surface area contributed by atoms with Crippen molar-refractivity contribution in [3.05, 3.63) is 142 Å². The van der Waals surface area contributed by atoms with Gasteiger partial charge in [-0.3, -0.25) is 0 Å². The van der Waals surface area contributed by atoms with Crippen molar-refractivity contribution in [1.29, 1.82) is 5.26 Å². The molecule has 0 amide bonds. The Morgan fingerprint density at radius 1 is 0.974 bits per heavy atom. The maximum Gasteiger partial charge on any atom is 0.336 e. The fraction of sp³-hybridized carbons (Fsp3) is 0.0625. The van der Waals surface area contributed by atoms with E-state index >= 15 is 0 Å². The summed E-state index contributed by atoms with van der Waals surface area (Å²) in [5.74, 6) is 0.362. The lowest BCUT2D eigenvalue weighted by molar-refractivity contribution is -0.128. The minimum absolute atomic E-state index is 0.00139. The number of hydrogen-bond donors (Lipinski definition) is 1. The Morgan fingerprint density at radius 2 is 1.69 bits per heavy atom. The number of nitrogens with zero attached hydrogens (tertiary/aromatic N) is 1. The van der Waals surface area contributed by atoms with Crippen LogP contribution < -0.4 is 19.9 Å². The molecular formula is C32H23ClN2O4. The van der Waals surface area contributed by atoms with Crippen molar-refractivity contribution >= 4 is 23.6 Å². The molecule has 2 N–H and O–H groups in total. The average Bonchev–Trinajstić information content (AvgIpc) is 2.96. The lowest BCUT2D eigenvalue weighted by Gasteiger charge is -2.26. The van der Waals surface area contributed by atoms with Gasteiger partial charge in [0.25, 0.3) is 0 Å². The van der Waals surface area contributed by atoms with Gasteiger partial charge in [0.1, 0.15) is 35.5 Å². The molecule has 7 heteroatoms. The molecule has 1 heterocycles. The third-order valence-corrected chi connectivity index (χ3v) is 6.52. The van der Waals surface area contributed by atoms with Gasteiger partial charge in [-0.25, -0.2) is 4.79 Å². The third-order valence-electron chi connectivity index (χ3n) is 6.17. The second kappa shape index (κ2) is 11.6. The summed E-state index contributed by atoms with van der Waals surface area (Å²) >= 11 is 6.13. The van der Waals surface area contributed by atoms with Gasteiger partial charge in [0.05, 0.1) is 5.92 Å². The van der Waals surface area contributed by atoms with Crippen molar-refractivity contribution in [2.24, 2.45) is 5.73 Å². The number of halogens is 1. The molecule has 0 aliphatic carbocycles. The highest BCUT2D eigenvalue weighted by Gasteiger charge is 2.31. The quantitative estimate of drug-likeness (QED) is 0.160. The van der Waals surface area contributed by atoms with E-state index in [9.17, 15) is 10.1 Å². The first-order valence-electron chi connectivity index (χ1n) is 12.1. The van der Waals surface area contributed by atoms with Gasteiger partial charge in [0.15, 0.2) is 0 Å². The molecule has 0 bridgehead atoms. The molecule has 0 fully saturated rings. The largest absolute Gasteiger partial charge is 0.489 e. The number of esters is 1. The van der Waals surface area contributed by atoms with E-state index in [1.807, 2.05) is 66.7 Å². The van der Waals surface area contributed by atoms with Gasteiger partial charge in [0, 0.05) is 22.7 Å². The van der Waals surface area contributed by atoms with Crippen LogP contribution in [0.15, 0.2) is 115 Å². The molecule has 0 aromatic heterocycles. The van der Waals surface area contributed by atoms with Gasteiger partial charge in [-0.15, -0.1) is 0 Å². The van der Waals surface area contributed by atoms with Gasteiger partial charge in [-0.2, -0.15) is 5.26 Å². The number of carbonyl (C=O) groups excluding carboxylic acids is 1. The number of benzene rings is 4. The molecule has 1 aliphatic rings. The Hall–Kier alpha value is -4.99. The maximum absolute atomic E-state index is 12.4. The van der Waals surface area contributed by atoms with Gasteiger partial charge < -0.3 is 19.9 Å². The van der Waals surface area contributed by atoms with E-state index in [2.05, 4.69) is 6.07 Å². The highest BCUT2D eigenvalue weighted by atomic mass is 35.5. The first kappa shape index (κ1) is 25.7. The first-order chi connectivity index (χ1) is 19.0. The summed E-state index contributed by atoms with van der Waals surface area (Å²) in [6.07, 6.45) is 2.89. The molecule has 5 rings (SSSR count). The zero-order chi connectivity index (χ0) is 27.2. The van der Waals surface area contributed by atoms with Crippen molar-refractivity contribution in [3.63, 3.8) is 0 Å². The van der Waals surface area contributed by atoms with E-state index in [1.165, 1.54) is 6.08 Å². The molecule has 1 unspecified atom stereocenters. The Kier molecular flexibility index (Phi) is 7.63. The van der Waals surface area contributed by atoms with E-state index in [0.29, 0.717) is 34.3 Å². The molecule has 6 nitrogen and oxygen atoms in total. The van der Waals surface area contributed by atoms with Gasteiger partial charge in [-0.1, -0.05) is 78.3 Å². The minimum Gasteiger partial charge on any atom is -0.489 e. The third kappa shape index (κ3) is 5.96. The van der Waals surface area contributed by atoms with E-state index < -0.39 is 11.9 Å². The summed E-state index contributed by atoms with van der Waals surface area (Å²) < 4.78 is 17.1. The molecule has 1 aliphatic heterocycles. The number of carbonyl (C=O) groups is 1. The number of ether oxygens (including phenoxy) is 3. The van der Waals surface area contributed by atoms with Crippen LogP contribution in [0.25, 0.3) is 6.08 Å². The van der Waals surface area contributed by atoms with Crippen molar-refractivity contribution < 1.29 is 19.0 Å². The van der Waals surface area contributed by atoms with Crippen LogP contribution in [0.1, 0.15) is 28.2 Å². The first-order valence-corrected chi connectivity index (χ1v) is 12.5. The summed E-state index contributed by atoms with van der Waals surface area (Å²) in [6.45, 7) is 0.450.